The molecule has 0 saturated heterocycles. The number of ether oxygens (including phenoxy) is 2. The van der Waals surface area contributed by atoms with Crippen molar-refractivity contribution in [3.8, 4) is 5.75 Å². The normalized spacial score (nSPS) is 12.8. The number of aliphatic hydroxyl groups is 1. The average Bonchev–Trinajstić information content (AvgIpc) is 2.80. The molecule has 4 N–H and O–H groups in total. The smallest absolute Gasteiger partial charge is 0.412 e. The maximum atomic E-state index is 12.5. The van der Waals surface area contributed by atoms with Gasteiger partial charge in [-0.05, 0) is 48.2 Å². The van der Waals surface area contributed by atoms with E-state index in [9.17, 15) is 9.59 Å². The number of anilines is 1. The predicted octanol–water partition coefficient (Wildman–Crippen LogP) is 3.77. The van der Waals surface area contributed by atoms with E-state index in [2.05, 4.69) is 5.32 Å². The van der Waals surface area contributed by atoms with E-state index in [1.165, 1.54) is 17.6 Å². The first kappa shape index (κ1) is 24.3. The summed E-state index contributed by atoms with van der Waals surface area (Å²) in [5, 5.41) is 20.2. The molecule has 0 aromatic heterocycles. The third-order valence-corrected chi connectivity index (χ3v) is 5.02. The molecule has 8 nitrogen and oxygen atoms in total. The molecular formula is C22H26N2O6S. The van der Waals surface area contributed by atoms with Crippen LogP contribution in [0.3, 0.4) is 0 Å². The summed E-state index contributed by atoms with van der Waals surface area (Å²) in [6.07, 6.45) is 3.31. The summed E-state index contributed by atoms with van der Waals surface area (Å²) < 4.78 is 11.0. The number of hydrogen-bond donors (Lipinski definition) is 4. The lowest BCUT2D eigenvalue weighted by Gasteiger charge is -2.23. The molecule has 0 bridgehead atoms. The Morgan fingerprint density at radius 2 is 1.81 bits per heavy atom. The van der Waals surface area contributed by atoms with Gasteiger partial charge in [0.05, 0.1) is 6.61 Å². The van der Waals surface area contributed by atoms with Crippen LogP contribution in [-0.2, 0) is 9.53 Å². The van der Waals surface area contributed by atoms with Gasteiger partial charge in [0, 0.05) is 22.6 Å². The quantitative estimate of drug-likeness (QED) is 0.190. The SMILES string of the molecule is CSc1ccc(NC(=O)O[C@H](c2ccc(OCCO)cc2)[C@@H](C)/C=C/C(=O)NO)cc1. The molecule has 2 rings (SSSR count). The zero-order chi connectivity index (χ0) is 22.6. The zero-order valence-electron chi connectivity index (χ0n) is 17.3. The van der Waals surface area contributed by atoms with Crippen LogP contribution >= 0.6 is 11.8 Å². The minimum atomic E-state index is -0.708. The third-order valence-electron chi connectivity index (χ3n) is 4.28. The highest BCUT2D eigenvalue weighted by molar-refractivity contribution is 7.98. The van der Waals surface area contributed by atoms with E-state index in [0.29, 0.717) is 17.0 Å². The molecule has 0 radical (unpaired) electrons. The maximum Gasteiger partial charge on any atom is 0.412 e. The molecule has 9 heteroatoms. The van der Waals surface area contributed by atoms with Crippen molar-refractivity contribution in [2.75, 3.05) is 24.8 Å². The van der Waals surface area contributed by atoms with Gasteiger partial charge < -0.3 is 14.6 Å². The molecule has 2 aromatic carbocycles. The van der Waals surface area contributed by atoms with E-state index in [1.54, 1.807) is 55.1 Å². The Kier molecular flexibility index (Phi) is 9.89. The van der Waals surface area contributed by atoms with Crippen molar-refractivity contribution in [3.63, 3.8) is 0 Å². The Hall–Kier alpha value is -3.01. The van der Waals surface area contributed by atoms with Gasteiger partial charge in [0.25, 0.3) is 5.91 Å². The molecule has 0 unspecified atom stereocenters. The second-order valence-corrected chi connectivity index (χ2v) is 7.39. The lowest BCUT2D eigenvalue weighted by atomic mass is 9.96. The second kappa shape index (κ2) is 12.6. The molecule has 0 heterocycles. The van der Waals surface area contributed by atoms with Gasteiger partial charge in [-0.1, -0.05) is 25.1 Å². The van der Waals surface area contributed by atoms with Crippen molar-refractivity contribution >= 4 is 29.4 Å². The average molecular weight is 447 g/mol. The standard InChI is InChI=1S/C22H26N2O6S/c1-15(3-12-20(26)24-28)21(16-4-8-18(9-5-16)29-14-13-25)30-22(27)23-17-6-10-19(31-2)11-7-17/h3-12,15,21,25,28H,13-14H2,1-2H3,(H,23,27)(H,24,26)/b12-3+/t15-,21-/m0/s1. The highest BCUT2D eigenvalue weighted by Gasteiger charge is 2.22. The van der Waals surface area contributed by atoms with Crippen molar-refractivity contribution in [2.45, 2.75) is 17.9 Å². The van der Waals surface area contributed by atoms with E-state index >= 15 is 0 Å². The monoisotopic (exact) mass is 446 g/mol. The molecule has 2 amide bonds. The van der Waals surface area contributed by atoms with Crippen LogP contribution in [0.15, 0.2) is 65.6 Å². The van der Waals surface area contributed by atoms with Crippen molar-refractivity contribution in [2.24, 2.45) is 5.92 Å². The first-order valence-electron chi connectivity index (χ1n) is 9.54. The summed E-state index contributed by atoms with van der Waals surface area (Å²) in [4.78, 5) is 24.9. The van der Waals surface area contributed by atoms with Crippen LogP contribution in [0.4, 0.5) is 10.5 Å². The summed E-state index contributed by atoms with van der Waals surface area (Å²) in [5.74, 6) is -0.499. The van der Waals surface area contributed by atoms with Crippen LogP contribution in [0, 0.1) is 5.92 Å². The van der Waals surface area contributed by atoms with Crippen LogP contribution in [0.25, 0.3) is 0 Å². The molecule has 0 fully saturated rings. The van der Waals surface area contributed by atoms with Gasteiger partial charge >= 0.3 is 6.09 Å². The van der Waals surface area contributed by atoms with E-state index in [0.717, 1.165) is 4.90 Å². The number of carbonyl (C=O) groups is 2. The fraction of sp³-hybridized carbons (Fsp3) is 0.273. The van der Waals surface area contributed by atoms with Crippen molar-refractivity contribution < 1.29 is 29.4 Å². The Balaban J connectivity index is 2.16. The van der Waals surface area contributed by atoms with Crippen molar-refractivity contribution in [3.05, 3.63) is 66.2 Å². The molecular weight excluding hydrogens is 420 g/mol. The van der Waals surface area contributed by atoms with E-state index in [4.69, 9.17) is 19.8 Å². The van der Waals surface area contributed by atoms with E-state index in [1.807, 2.05) is 18.4 Å². The maximum absolute atomic E-state index is 12.5. The van der Waals surface area contributed by atoms with Gasteiger partial charge in [-0.25, -0.2) is 10.3 Å². The van der Waals surface area contributed by atoms with Gasteiger partial charge in [-0.3, -0.25) is 15.3 Å². The largest absolute Gasteiger partial charge is 0.491 e. The van der Waals surface area contributed by atoms with Gasteiger partial charge in [0.2, 0.25) is 0 Å². The fourth-order valence-corrected chi connectivity index (χ4v) is 3.12. The minimum Gasteiger partial charge on any atom is -0.491 e. The number of amides is 2. The summed E-state index contributed by atoms with van der Waals surface area (Å²) in [6.45, 7) is 1.86. The third kappa shape index (κ3) is 7.97. The Morgan fingerprint density at radius 1 is 1.13 bits per heavy atom. The van der Waals surface area contributed by atoms with Gasteiger partial charge in [-0.2, -0.15) is 0 Å². The highest BCUT2D eigenvalue weighted by Crippen LogP contribution is 2.29. The molecule has 166 valence electrons. The van der Waals surface area contributed by atoms with Crippen LogP contribution in [0.2, 0.25) is 0 Å². The zero-order valence-corrected chi connectivity index (χ0v) is 18.1. The van der Waals surface area contributed by atoms with Crippen LogP contribution in [-0.4, -0.2) is 41.8 Å². The lowest BCUT2D eigenvalue weighted by Crippen LogP contribution is -2.22. The number of aliphatic hydroxyl groups excluding tert-OH is 1. The molecule has 2 atom stereocenters. The van der Waals surface area contributed by atoms with E-state index in [-0.39, 0.29) is 19.1 Å². The number of rotatable bonds is 10. The van der Waals surface area contributed by atoms with Gasteiger partial charge in [-0.15, -0.1) is 11.8 Å². The lowest BCUT2D eigenvalue weighted by molar-refractivity contribution is -0.124. The Morgan fingerprint density at radius 3 is 2.39 bits per heavy atom. The highest BCUT2D eigenvalue weighted by atomic mass is 32.2. The van der Waals surface area contributed by atoms with Crippen LogP contribution in [0.5, 0.6) is 5.75 Å². The first-order chi connectivity index (χ1) is 15.0. The number of hydrogen-bond acceptors (Lipinski definition) is 7. The minimum absolute atomic E-state index is 0.0969. The molecule has 0 aliphatic carbocycles. The second-order valence-electron chi connectivity index (χ2n) is 6.51. The number of carbonyl (C=O) groups excluding carboxylic acids is 2. The summed E-state index contributed by atoms with van der Waals surface area (Å²) in [5.41, 5.74) is 2.80. The summed E-state index contributed by atoms with van der Waals surface area (Å²) in [6, 6.07) is 14.2. The van der Waals surface area contributed by atoms with Gasteiger partial charge in [0.15, 0.2) is 0 Å². The summed E-state index contributed by atoms with van der Waals surface area (Å²) in [7, 11) is 0. The number of thioether (sulfide) groups is 1. The number of benzene rings is 2. The van der Waals surface area contributed by atoms with Crippen molar-refractivity contribution in [1.29, 1.82) is 0 Å². The van der Waals surface area contributed by atoms with Crippen LogP contribution in [0.1, 0.15) is 18.6 Å². The molecule has 0 spiro atoms. The fourth-order valence-electron chi connectivity index (χ4n) is 2.71. The first-order valence-corrected chi connectivity index (χ1v) is 10.8. The number of hydroxylamine groups is 1. The van der Waals surface area contributed by atoms with Crippen molar-refractivity contribution in [1.82, 2.24) is 5.48 Å². The topological polar surface area (TPSA) is 117 Å². The molecule has 0 saturated carbocycles. The predicted molar refractivity (Wildman–Crippen MR) is 118 cm³/mol. The van der Waals surface area contributed by atoms with Crippen LogP contribution < -0.4 is 15.5 Å². The molecule has 0 aliphatic heterocycles. The molecule has 2 aromatic rings. The summed E-state index contributed by atoms with van der Waals surface area (Å²) >= 11 is 1.60. The Labute approximate surface area is 185 Å². The van der Waals surface area contributed by atoms with E-state index < -0.39 is 18.1 Å². The number of nitrogens with one attached hydrogen (secondary N) is 2. The van der Waals surface area contributed by atoms with Gasteiger partial charge in [0.1, 0.15) is 18.5 Å². The molecule has 31 heavy (non-hydrogen) atoms. The molecule has 0 aliphatic rings. The Bertz CT molecular complexity index is 871.